The number of hydrogen-bond donors (Lipinski definition) is 1. The number of carbonyl (C=O) groups is 2. The fourth-order valence-electron chi connectivity index (χ4n) is 5.49. The predicted octanol–water partition coefficient (Wildman–Crippen LogP) is 4.26. The average Bonchev–Trinajstić information content (AvgIpc) is 3.37. The summed E-state index contributed by atoms with van der Waals surface area (Å²) in [7, 11) is 1.55. The summed E-state index contributed by atoms with van der Waals surface area (Å²) >= 11 is 6.01. The van der Waals surface area contributed by atoms with Crippen LogP contribution in [0.3, 0.4) is 0 Å². The van der Waals surface area contributed by atoms with Gasteiger partial charge in [-0.3, -0.25) is 4.79 Å². The highest BCUT2D eigenvalue weighted by atomic mass is 35.5. The Morgan fingerprint density at radius 1 is 1.30 bits per heavy atom. The fourth-order valence-corrected chi connectivity index (χ4v) is 5.70. The Labute approximate surface area is 233 Å². The number of ether oxygens (including phenoxy) is 1. The number of fused-ring (bicyclic) bond motifs is 1. The maximum absolute atomic E-state index is 13.4. The smallest absolute Gasteiger partial charge is 0.345 e. The number of halogens is 2. The standard InChI is InChI=1S/C26H28ClFN8O4/c1-39-13-19(35-12-20(27)31-26(35)38)17-8-21-30-18(11-36(21)29-10-17)22(15-4-2-14(9-28)3-5-15)32-25(37)24-23(16-6-7-16)33-40-34-24/h8-11,15-16,19,22H,2-7,12-13H2,1H3,(H,32,37)/t15?,19-,22?/m1/s1. The number of aromatic nitrogens is 5. The fraction of sp³-hybridized carbons (Fsp3) is 0.500. The number of carbonyl (C=O) groups excluding carboxylic acids is 2. The zero-order valence-corrected chi connectivity index (χ0v) is 22.6. The third-order valence-electron chi connectivity index (χ3n) is 7.81. The van der Waals surface area contributed by atoms with E-state index in [-0.39, 0.29) is 41.8 Å². The normalized spacial score (nSPS) is 21.0. The molecule has 3 aromatic rings. The highest BCUT2D eigenvalue weighted by molar-refractivity contribution is 6.67. The molecular formula is C26H28ClFN8O4. The number of amides is 3. The van der Waals surface area contributed by atoms with Gasteiger partial charge in [-0.2, -0.15) is 10.1 Å². The van der Waals surface area contributed by atoms with Gasteiger partial charge in [-0.1, -0.05) is 16.8 Å². The van der Waals surface area contributed by atoms with Gasteiger partial charge in [0.05, 0.1) is 49.7 Å². The molecule has 2 fully saturated rings. The highest BCUT2D eigenvalue weighted by Gasteiger charge is 2.36. The van der Waals surface area contributed by atoms with Crippen LogP contribution in [0, 0.1) is 5.92 Å². The van der Waals surface area contributed by atoms with Gasteiger partial charge in [0.1, 0.15) is 10.9 Å². The SMILES string of the molecule is COC[C@H](c1cnn2cc(C(NC(=O)c3nonc3C3CC3)C3CCC(=CF)CC3)nc2c1)N1CC(Cl)=NC1=O. The Balaban J connectivity index is 1.30. The summed E-state index contributed by atoms with van der Waals surface area (Å²) in [5.41, 5.74) is 3.40. The maximum Gasteiger partial charge on any atom is 0.345 e. The molecule has 40 heavy (non-hydrogen) atoms. The van der Waals surface area contributed by atoms with Crippen molar-refractivity contribution in [2.45, 2.75) is 56.5 Å². The minimum atomic E-state index is -0.468. The number of urea groups is 1. The number of hydrogen-bond acceptors (Lipinski definition) is 8. The Morgan fingerprint density at radius 3 is 2.77 bits per heavy atom. The van der Waals surface area contributed by atoms with Gasteiger partial charge >= 0.3 is 6.03 Å². The van der Waals surface area contributed by atoms with Crippen LogP contribution in [0.4, 0.5) is 9.18 Å². The summed E-state index contributed by atoms with van der Waals surface area (Å²) < 4.78 is 25.1. The predicted molar refractivity (Wildman–Crippen MR) is 141 cm³/mol. The number of aliphatic imine (C=N–C) groups is 1. The third-order valence-corrected chi connectivity index (χ3v) is 8.01. The van der Waals surface area contributed by atoms with Gasteiger partial charge < -0.3 is 15.0 Å². The summed E-state index contributed by atoms with van der Waals surface area (Å²) in [6.07, 6.45) is 8.60. The zero-order valence-electron chi connectivity index (χ0n) is 21.8. The van der Waals surface area contributed by atoms with Gasteiger partial charge in [0.2, 0.25) is 0 Å². The first-order valence-corrected chi connectivity index (χ1v) is 13.6. The van der Waals surface area contributed by atoms with Gasteiger partial charge in [-0.25, -0.2) is 23.3 Å². The van der Waals surface area contributed by atoms with Crippen molar-refractivity contribution < 1.29 is 23.3 Å². The van der Waals surface area contributed by atoms with Crippen molar-refractivity contribution in [2.75, 3.05) is 20.3 Å². The van der Waals surface area contributed by atoms with E-state index >= 15 is 0 Å². The molecule has 14 heteroatoms. The summed E-state index contributed by atoms with van der Waals surface area (Å²) in [6.45, 7) is 0.404. The second kappa shape index (κ2) is 11.0. The summed E-state index contributed by atoms with van der Waals surface area (Å²) in [5.74, 6) is -0.169. The van der Waals surface area contributed by atoms with Gasteiger partial charge in [0.25, 0.3) is 5.91 Å². The first-order valence-electron chi connectivity index (χ1n) is 13.2. The van der Waals surface area contributed by atoms with Crippen LogP contribution < -0.4 is 5.32 Å². The molecule has 3 aromatic heterocycles. The van der Waals surface area contributed by atoms with E-state index in [9.17, 15) is 14.0 Å². The van der Waals surface area contributed by atoms with Crippen molar-refractivity contribution in [2.24, 2.45) is 10.9 Å². The van der Waals surface area contributed by atoms with Crippen molar-refractivity contribution >= 4 is 34.4 Å². The third kappa shape index (κ3) is 5.22. The van der Waals surface area contributed by atoms with Gasteiger partial charge in [0, 0.05) is 18.6 Å². The molecule has 3 aliphatic rings. The summed E-state index contributed by atoms with van der Waals surface area (Å²) in [5, 5.41) is 15.7. The van der Waals surface area contributed by atoms with E-state index in [0.29, 0.717) is 54.6 Å². The molecule has 6 rings (SSSR count). The van der Waals surface area contributed by atoms with Gasteiger partial charge in [-0.05, 0) is 61.2 Å². The molecule has 0 radical (unpaired) electrons. The van der Waals surface area contributed by atoms with Crippen LogP contribution in [-0.2, 0) is 4.74 Å². The van der Waals surface area contributed by atoms with E-state index in [1.54, 1.807) is 24.0 Å². The molecule has 0 spiro atoms. The molecule has 2 atom stereocenters. The number of methoxy groups -OCH3 is 1. The monoisotopic (exact) mass is 570 g/mol. The van der Waals surface area contributed by atoms with E-state index in [0.717, 1.165) is 18.4 Å². The molecule has 210 valence electrons. The topological polar surface area (TPSA) is 140 Å². The minimum absolute atomic E-state index is 0.0176. The first kappa shape index (κ1) is 26.5. The van der Waals surface area contributed by atoms with E-state index in [4.69, 9.17) is 26.0 Å². The minimum Gasteiger partial charge on any atom is -0.382 e. The molecule has 12 nitrogen and oxygen atoms in total. The molecule has 2 aliphatic carbocycles. The summed E-state index contributed by atoms with van der Waals surface area (Å²) in [6, 6.07) is 0.460. The van der Waals surface area contributed by atoms with Crippen LogP contribution in [0.5, 0.6) is 0 Å². The second-order valence-corrected chi connectivity index (χ2v) is 10.9. The lowest BCUT2D eigenvalue weighted by molar-refractivity contribution is 0.0903. The molecule has 0 bridgehead atoms. The van der Waals surface area contributed by atoms with E-state index in [1.807, 2.05) is 6.07 Å². The lowest BCUT2D eigenvalue weighted by atomic mass is 9.80. The molecule has 2 saturated carbocycles. The van der Waals surface area contributed by atoms with E-state index in [1.165, 1.54) is 4.90 Å². The lowest BCUT2D eigenvalue weighted by Gasteiger charge is -2.30. The first-order chi connectivity index (χ1) is 19.4. The largest absolute Gasteiger partial charge is 0.382 e. The molecule has 0 saturated heterocycles. The quantitative estimate of drug-likeness (QED) is 0.402. The molecule has 1 N–H and O–H groups in total. The number of nitrogens with zero attached hydrogens (tertiary/aromatic N) is 7. The number of imidazole rings is 1. The van der Waals surface area contributed by atoms with Crippen molar-refractivity contribution in [3.8, 4) is 0 Å². The molecule has 1 unspecified atom stereocenters. The van der Waals surface area contributed by atoms with Gasteiger partial charge in [-0.15, -0.1) is 0 Å². The summed E-state index contributed by atoms with van der Waals surface area (Å²) in [4.78, 5) is 35.9. The zero-order chi connectivity index (χ0) is 27.8. The van der Waals surface area contributed by atoms with Crippen LogP contribution in [0.15, 0.2) is 40.0 Å². The van der Waals surface area contributed by atoms with Crippen LogP contribution in [0.2, 0.25) is 0 Å². The van der Waals surface area contributed by atoms with Crippen molar-refractivity contribution in [1.29, 1.82) is 0 Å². The highest BCUT2D eigenvalue weighted by Crippen LogP contribution is 2.41. The van der Waals surface area contributed by atoms with Gasteiger partial charge in [0.15, 0.2) is 11.3 Å². The van der Waals surface area contributed by atoms with Crippen LogP contribution in [0.25, 0.3) is 5.65 Å². The van der Waals surface area contributed by atoms with E-state index in [2.05, 4.69) is 25.7 Å². The average molecular weight is 571 g/mol. The molecule has 4 heterocycles. The molecule has 0 aromatic carbocycles. The Bertz CT molecular complexity index is 1490. The number of rotatable bonds is 9. The Hall–Kier alpha value is -3.71. The van der Waals surface area contributed by atoms with Crippen molar-refractivity contribution in [3.05, 3.63) is 53.0 Å². The van der Waals surface area contributed by atoms with E-state index < -0.39 is 18.1 Å². The molecular weight excluding hydrogens is 543 g/mol. The van der Waals surface area contributed by atoms with Crippen LogP contribution in [0.1, 0.15) is 84.0 Å². The number of allylic oxidation sites excluding steroid dienone is 1. The Morgan fingerprint density at radius 2 is 2.10 bits per heavy atom. The number of nitrogens with one attached hydrogen (secondary N) is 1. The maximum atomic E-state index is 13.4. The Kier molecular flexibility index (Phi) is 7.32. The lowest BCUT2D eigenvalue weighted by Crippen LogP contribution is -2.35. The van der Waals surface area contributed by atoms with Crippen LogP contribution in [-0.4, -0.2) is 67.2 Å². The van der Waals surface area contributed by atoms with Crippen molar-refractivity contribution in [3.63, 3.8) is 0 Å². The molecule has 3 amide bonds. The molecule has 1 aliphatic heterocycles. The second-order valence-electron chi connectivity index (χ2n) is 10.5. The van der Waals surface area contributed by atoms with Crippen LogP contribution >= 0.6 is 11.6 Å². The van der Waals surface area contributed by atoms with Crippen molar-refractivity contribution in [1.82, 2.24) is 35.1 Å².